The maximum atomic E-state index is 12.4. The van der Waals surface area contributed by atoms with Crippen LogP contribution in [0.1, 0.15) is 18.2 Å². The van der Waals surface area contributed by atoms with Gasteiger partial charge in [-0.05, 0) is 12.1 Å². The number of carbonyl (C=O) groups is 2. The molecule has 0 atom stereocenters. The summed E-state index contributed by atoms with van der Waals surface area (Å²) in [5.41, 5.74) is 1.77. The number of benzene rings is 1. The van der Waals surface area contributed by atoms with Gasteiger partial charge < -0.3 is 19.3 Å². The fourth-order valence-corrected chi connectivity index (χ4v) is 3.10. The van der Waals surface area contributed by atoms with Crippen molar-refractivity contribution in [3.8, 4) is 0 Å². The van der Waals surface area contributed by atoms with E-state index in [1.165, 1.54) is 0 Å². The fraction of sp³-hybridized carbons (Fsp3) is 0.368. The minimum absolute atomic E-state index is 0.0802. The quantitative estimate of drug-likeness (QED) is 0.858. The van der Waals surface area contributed by atoms with E-state index in [-0.39, 0.29) is 11.8 Å². The molecule has 2 aromatic rings. The molecule has 1 aliphatic rings. The van der Waals surface area contributed by atoms with Crippen LogP contribution in [0.4, 0.5) is 0 Å². The van der Waals surface area contributed by atoms with E-state index in [1.54, 1.807) is 15.9 Å². The first kappa shape index (κ1) is 17.2. The van der Waals surface area contributed by atoms with E-state index in [2.05, 4.69) is 0 Å². The molecule has 3 rings (SSSR count). The average Bonchev–Trinajstić information content (AvgIpc) is 3.03. The number of piperazine rings is 1. The summed E-state index contributed by atoms with van der Waals surface area (Å²) in [4.78, 5) is 27.2. The minimum Gasteiger partial charge on any atom is -0.460 e. The highest BCUT2D eigenvalue weighted by Crippen LogP contribution is 2.27. The Balaban J connectivity index is 1.71. The summed E-state index contributed by atoms with van der Waals surface area (Å²) >= 11 is 0. The maximum absolute atomic E-state index is 12.4. The number of aryl methyl sites for hydroxylation is 1. The van der Waals surface area contributed by atoms with Crippen molar-refractivity contribution in [1.29, 1.82) is 0 Å². The third kappa shape index (κ3) is 3.58. The van der Waals surface area contributed by atoms with E-state index in [0.717, 1.165) is 28.7 Å². The Kier molecular flexibility index (Phi) is 5.19. The molecule has 6 nitrogen and oxygen atoms in total. The van der Waals surface area contributed by atoms with E-state index in [1.807, 2.05) is 37.3 Å². The molecule has 0 aliphatic carbocycles. The number of nitrogens with zero attached hydrogens (tertiary/aromatic N) is 2. The van der Waals surface area contributed by atoms with Crippen LogP contribution in [0.25, 0.3) is 17.0 Å². The monoisotopic (exact) mass is 342 g/mol. The van der Waals surface area contributed by atoms with Crippen molar-refractivity contribution in [3.63, 3.8) is 0 Å². The van der Waals surface area contributed by atoms with Gasteiger partial charge in [0.05, 0.1) is 0 Å². The Morgan fingerprint density at radius 2 is 1.84 bits per heavy atom. The van der Waals surface area contributed by atoms with Crippen molar-refractivity contribution in [2.45, 2.75) is 13.3 Å². The number of carbonyl (C=O) groups excluding carboxylic acids is 2. The molecule has 1 aliphatic heterocycles. The van der Waals surface area contributed by atoms with Crippen LogP contribution < -0.4 is 0 Å². The average molecular weight is 342 g/mol. The Morgan fingerprint density at radius 1 is 1.16 bits per heavy atom. The number of aliphatic hydroxyl groups excluding tert-OH is 1. The van der Waals surface area contributed by atoms with Crippen molar-refractivity contribution in [1.82, 2.24) is 9.80 Å². The summed E-state index contributed by atoms with van der Waals surface area (Å²) in [6.45, 7) is 3.39. The van der Waals surface area contributed by atoms with Gasteiger partial charge in [0.25, 0.3) is 0 Å². The minimum atomic E-state index is -0.485. The van der Waals surface area contributed by atoms with Crippen molar-refractivity contribution in [3.05, 3.63) is 41.7 Å². The van der Waals surface area contributed by atoms with Gasteiger partial charge in [-0.3, -0.25) is 9.59 Å². The van der Waals surface area contributed by atoms with E-state index in [0.29, 0.717) is 26.2 Å². The zero-order valence-corrected chi connectivity index (χ0v) is 14.3. The van der Waals surface area contributed by atoms with E-state index < -0.39 is 6.61 Å². The predicted molar refractivity (Wildman–Crippen MR) is 94.9 cm³/mol. The zero-order valence-electron chi connectivity index (χ0n) is 14.3. The lowest BCUT2D eigenvalue weighted by Gasteiger charge is -2.33. The topological polar surface area (TPSA) is 74.0 Å². The number of furan rings is 1. The van der Waals surface area contributed by atoms with Gasteiger partial charge in [-0.2, -0.15) is 0 Å². The van der Waals surface area contributed by atoms with Gasteiger partial charge >= 0.3 is 0 Å². The lowest BCUT2D eigenvalue weighted by Crippen LogP contribution is -2.50. The van der Waals surface area contributed by atoms with Crippen molar-refractivity contribution in [2.75, 3.05) is 32.8 Å². The van der Waals surface area contributed by atoms with E-state index >= 15 is 0 Å². The summed E-state index contributed by atoms with van der Waals surface area (Å²) in [6.07, 6.45) is 4.14. The fourth-order valence-electron chi connectivity index (χ4n) is 3.10. The molecule has 25 heavy (non-hydrogen) atoms. The maximum Gasteiger partial charge on any atom is 0.248 e. The number of amides is 2. The van der Waals surface area contributed by atoms with Gasteiger partial charge in [0, 0.05) is 49.6 Å². The predicted octanol–water partition coefficient (Wildman–Crippen LogP) is 1.67. The lowest BCUT2D eigenvalue weighted by atomic mass is 10.1. The van der Waals surface area contributed by atoms with Crippen molar-refractivity contribution < 1.29 is 19.1 Å². The van der Waals surface area contributed by atoms with Crippen LogP contribution in [-0.2, 0) is 16.0 Å². The highest BCUT2D eigenvalue weighted by atomic mass is 16.3. The van der Waals surface area contributed by atoms with Gasteiger partial charge in [0.1, 0.15) is 18.0 Å². The molecule has 0 unspecified atom stereocenters. The van der Waals surface area contributed by atoms with Gasteiger partial charge in [-0.15, -0.1) is 0 Å². The first-order valence-corrected chi connectivity index (χ1v) is 8.50. The van der Waals surface area contributed by atoms with Crippen LogP contribution in [0, 0.1) is 0 Å². The smallest absolute Gasteiger partial charge is 0.248 e. The van der Waals surface area contributed by atoms with Gasteiger partial charge in [-0.1, -0.05) is 25.1 Å². The number of aliphatic hydroxyl groups is 1. The SMILES string of the molecule is CCc1oc2ccccc2c1/C=C/C(=O)N1CCN(C(=O)CO)CC1. The number of rotatable bonds is 4. The molecule has 2 heterocycles. The summed E-state index contributed by atoms with van der Waals surface area (Å²) < 4.78 is 5.83. The molecule has 0 bridgehead atoms. The Hall–Kier alpha value is -2.60. The lowest BCUT2D eigenvalue weighted by molar-refractivity contribution is -0.139. The molecule has 1 N–H and O–H groups in total. The molecule has 6 heteroatoms. The normalized spacial score (nSPS) is 15.3. The van der Waals surface area contributed by atoms with Crippen LogP contribution in [0.5, 0.6) is 0 Å². The van der Waals surface area contributed by atoms with Crippen LogP contribution >= 0.6 is 0 Å². The molecule has 1 aromatic heterocycles. The first-order chi connectivity index (χ1) is 12.1. The Bertz CT molecular complexity index is 801. The molecule has 0 radical (unpaired) electrons. The van der Waals surface area contributed by atoms with Gasteiger partial charge in [0.2, 0.25) is 11.8 Å². The zero-order chi connectivity index (χ0) is 17.8. The molecule has 1 saturated heterocycles. The highest BCUT2D eigenvalue weighted by molar-refractivity contribution is 5.96. The van der Waals surface area contributed by atoms with Gasteiger partial charge in [-0.25, -0.2) is 0 Å². The van der Waals surface area contributed by atoms with Crippen molar-refractivity contribution in [2.24, 2.45) is 0 Å². The molecule has 1 aromatic carbocycles. The Labute approximate surface area is 146 Å². The highest BCUT2D eigenvalue weighted by Gasteiger charge is 2.22. The molecule has 132 valence electrons. The third-order valence-corrected chi connectivity index (χ3v) is 4.50. The number of para-hydroxylation sites is 1. The van der Waals surface area contributed by atoms with Crippen LogP contribution in [0.2, 0.25) is 0 Å². The summed E-state index contributed by atoms with van der Waals surface area (Å²) in [5.74, 6) is 0.493. The molecule has 1 fully saturated rings. The molecule has 0 saturated carbocycles. The molecule has 2 amide bonds. The van der Waals surface area contributed by atoms with Crippen LogP contribution in [0.3, 0.4) is 0 Å². The Morgan fingerprint density at radius 3 is 2.52 bits per heavy atom. The van der Waals surface area contributed by atoms with Crippen LogP contribution in [0.15, 0.2) is 34.8 Å². The summed E-state index contributed by atoms with van der Waals surface area (Å²) in [5, 5.41) is 9.90. The second-order valence-electron chi connectivity index (χ2n) is 5.99. The summed E-state index contributed by atoms with van der Waals surface area (Å²) in [7, 11) is 0. The first-order valence-electron chi connectivity index (χ1n) is 8.50. The molecular weight excluding hydrogens is 320 g/mol. The third-order valence-electron chi connectivity index (χ3n) is 4.50. The number of fused-ring (bicyclic) bond motifs is 1. The summed E-state index contributed by atoms with van der Waals surface area (Å²) in [6, 6.07) is 7.79. The molecule has 0 spiro atoms. The second-order valence-corrected chi connectivity index (χ2v) is 5.99. The van der Waals surface area contributed by atoms with Crippen molar-refractivity contribution >= 4 is 28.9 Å². The van der Waals surface area contributed by atoms with E-state index in [9.17, 15) is 9.59 Å². The number of hydrogen-bond acceptors (Lipinski definition) is 4. The molecular formula is C19H22N2O4. The second kappa shape index (κ2) is 7.53. The van der Waals surface area contributed by atoms with E-state index in [4.69, 9.17) is 9.52 Å². The van der Waals surface area contributed by atoms with Gasteiger partial charge in [0.15, 0.2) is 0 Å². The standard InChI is InChI=1S/C19H22N2O4/c1-2-16-15(14-5-3-4-6-17(14)25-16)7-8-18(23)20-9-11-21(12-10-20)19(24)13-22/h3-8,22H,2,9-13H2,1H3/b8-7+. The number of hydrogen-bond donors (Lipinski definition) is 1. The van der Waals surface area contributed by atoms with Crippen LogP contribution in [-0.4, -0.2) is 59.5 Å². The largest absolute Gasteiger partial charge is 0.460 e.